The number of thiazole rings is 1. The second-order valence-electron chi connectivity index (χ2n) is 8.23. The fourth-order valence-corrected chi connectivity index (χ4v) is 6.37. The molecule has 8 heteroatoms. The SMILES string of the molecule is O=c1/c(=C\c2ccc(N(c3ccc4ccccc4c3)c3ncccn3)s2)sc2nc3ccccc3n12. The summed E-state index contributed by atoms with van der Waals surface area (Å²) in [6.07, 6.45) is 5.42. The van der Waals surface area contributed by atoms with Crippen molar-refractivity contribution in [1.29, 1.82) is 0 Å². The highest BCUT2D eigenvalue weighted by atomic mass is 32.1. The number of hydrogen-bond acceptors (Lipinski definition) is 7. The van der Waals surface area contributed by atoms with Gasteiger partial charge >= 0.3 is 0 Å². The van der Waals surface area contributed by atoms with E-state index in [9.17, 15) is 4.79 Å². The molecule has 0 N–H and O–H groups in total. The molecule has 0 fully saturated rings. The smallest absolute Gasteiger partial charge is 0.270 e. The Morgan fingerprint density at radius 1 is 0.806 bits per heavy atom. The molecule has 7 rings (SSSR count). The first-order valence-corrected chi connectivity index (χ1v) is 13.0. The Kier molecular flexibility index (Phi) is 4.87. The first-order valence-electron chi connectivity index (χ1n) is 11.3. The van der Waals surface area contributed by atoms with Crippen molar-refractivity contribution in [2.24, 2.45) is 0 Å². The number of thiophene rings is 1. The first-order chi connectivity index (χ1) is 17.7. The van der Waals surface area contributed by atoms with Crippen molar-refractivity contribution in [3.8, 4) is 0 Å². The predicted octanol–water partition coefficient (Wildman–Crippen LogP) is 5.93. The third-order valence-electron chi connectivity index (χ3n) is 5.99. The third kappa shape index (κ3) is 3.46. The van der Waals surface area contributed by atoms with Gasteiger partial charge in [-0.05, 0) is 59.3 Å². The van der Waals surface area contributed by atoms with Gasteiger partial charge in [0.2, 0.25) is 5.95 Å². The zero-order valence-corrected chi connectivity index (χ0v) is 20.4. The van der Waals surface area contributed by atoms with Crippen LogP contribution in [0.4, 0.5) is 16.6 Å². The summed E-state index contributed by atoms with van der Waals surface area (Å²) >= 11 is 2.99. The Hall–Kier alpha value is -4.40. The van der Waals surface area contributed by atoms with Crippen LogP contribution >= 0.6 is 22.7 Å². The van der Waals surface area contributed by atoms with Crippen molar-refractivity contribution in [3.05, 3.63) is 117 Å². The molecular formula is C28H17N5OS2. The molecule has 0 aliphatic rings. The Labute approximate surface area is 213 Å². The van der Waals surface area contributed by atoms with Gasteiger partial charge in [0.05, 0.1) is 21.3 Å². The molecule has 0 saturated carbocycles. The van der Waals surface area contributed by atoms with Gasteiger partial charge in [-0.2, -0.15) is 0 Å². The van der Waals surface area contributed by atoms with E-state index < -0.39 is 0 Å². The Morgan fingerprint density at radius 3 is 2.50 bits per heavy atom. The van der Waals surface area contributed by atoms with Crippen LogP contribution in [0.5, 0.6) is 0 Å². The molecule has 0 aliphatic heterocycles. The minimum Gasteiger partial charge on any atom is -0.270 e. The number of rotatable bonds is 4. The lowest BCUT2D eigenvalue weighted by molar-refractivity contribution is 1.09. The first kappa shape index (κ1) is 20.9. The predicted molar refractivity (Wildman–Crippen MR) is 148 cm³/mol. The zero-order chi connectivity index (χ0) is 24.1. The summed E-state index contributed by atoms with van der Waals surface area (Å²) < 4.78 is 2.35. The summed E-state index contributed by atoms with van der Waals surface area (Å²) in [5, 5.41) is 3.28. The number of fused-ring (bicyclic) bond motifs is 4. The molecule has 3 aromatic carbocycles. The molecule has 0 atom stereocenters. The lowest BCUT2D eigenvalue weighted by atomic mass is 10.1. The maximum absolute atomic E-state index is 13.2. The van der Waals surface area contributed by atoms with Crippen LogP contribution in [-0.2, 0) is 0 Å². The van der Waals surface area contributed by atoms with E-state index in [-0.39, 0.29) is 5.56 Å². The van der Waals surface area contributed by atoms with Gasteiger partial charge < -0.3 is 0 Å². The molecule has 0 aliphatic carbocycles. The van der Waals surface area contributed by atoms with Gasteiger partial charge in [0, 0.05) is 17.3 Å². The van der Waals surface area contributed by atoms with E-state index in [0.717, 1.165) is 32.0 Å². The van der Waals surface area contributed by atoms with E-state index in [0.29, 0.717) is 15.4 Å². The van der Waals surface area contributed by atoms with Gasteiger partial charge in [0.25, 0.3) is 5.56 Å². The molecule has 4 heterocycles. The number of aromatic nitrogens is 4. The quantitative estimate of drug-likeness (QED) is 0.298. The van der Waals surface area contributed by atoms with Crippen LogP contribution in [0.3, 0.4) is 0 Å². The molecule has 0 radical (unpaired) electrons. The van der Waals surface area contributed by atoms with Crippen molar-refractivity contribution in [2.45, 2.75) is 0 Å². The van der Waals surface area contributed by atoms with Gasteiger partial charge in [0.1, 0.15) is 5.00 Å². The van der Waals surface area contributed by atoms with Crippen LogP contribution in [0.1, 0.15) is 4.88 Å². The van der Waals surface area contributed by atoms with Crippen molar-refractivity contribution < 1.29 is 0 Å². The van der Waals surface area contributed by atoms with Crippen molar-refractivity contribution in [2.75, 3.05) is 4.90 Å². The van der Waals surface area contributed by atoms with Crippen LogP contribution in [0.25, 0.3) is 32.8 Å². The van der Waals surface area contributed by atoms with E-state index in [4.69, 9.17) is 0 Å². The molecule has 4 aromatic heterocycles. The molecular weight excluding hydrogens is 486 g/mol. The molecule has 0 amide bonds. The summed E-state index contributed by atoms with van der Waals surface area (Å²) in [5.41, 5.74) is 2.60. The second-order valence-corrected chi connectivity index (χ2v) is 10.3. The number of hydrogen-bond donors (Lipinski definition) is 0. The Bertz CT molecular complexity index is 1990. The van der Waals surface area contributed by atoms with Crippen LogP contribution < -0.4 is 15.0 Å². The number of imidazole rings is 1. The molecule has 36 heavy (non-hydrogen) atoms. The average Bonchev–Trinajstić information content (AvgIpc) is 3.60. The minimum absolute atomic E-state index is 0.0450. The van der Waals surface area contributed by atoms with Gasteiger partial charge in [0.15, 0.2) is 4.96 Å². The summed E-state index contributed by atoms with van der Waals surface area (Å²) in [5.74, 6) is 0.590. The summed E-state index contributed by atoms with van der Waals surface area (Å²) in [6, 6.07) is 28.2. The highest BCUT2D eigenvalue weighted by molar-refractivity contribution is 7.17. The van der Waals surface area contributed by atoms with E-state index in [1.165, 1.54) is 16.7 Å². The highest BCUT2D eigenvalue weighted by Gasteiger charge is 2.17. The molecule has 0 unspecified atom stereocenters. The van der Waals surface area contributed by atoms with Crippen LogP contribution in [0.2, 0.25) is 0 Å². The number of para-hydroxylation sites is 2. The van der Waals surface area contributed by atoms with Crippen molar-refractivity contribution >= 4 is 72.2 Å². The monoisotopic (exact) mass is 503 g/mol. The minimum atomic E-state index is -0.0450. The van der Waals surface area contributed by atoms with Crippen molar-refractivity contribution in [1.82, 2.24) is 19.4 Å². The van der Waals surface area contributed by atoms with Gasteiger partial charge in [-0.3, -0.25) is 9.69 Å². The largest absolute Gasteiger partial charge is 0.274 e. The topological polar surface area (TPSA) is 63.4 Å². The van der Waals surface area contributed by atoms with Crippen LogP contribution in [-0.4, -0.2) is 19.4 Å². The Morgan fingerprint density at radius 2 is 1.61 bits per heavy atom. The number of nitrogens with zero attached hydrogens (tertiary/aromatic N) is 5. The van der Waals surface area contributed by atoms with Crippen LogP contribution in [0, 0.1) is 0 Å². The molecule has 7 aromatic rings. The van der Waals surface area contributed by atoms with E-state index in [2.05, 4.69) is 45.3 Å². The average molecular weight is 504 g/mol. The fourth-order valence-electron chi connectivity index (χ4n) is 4.34. The lowest BCUT2D eigenvalue weighted by Gasteiger charge is -2.21. The molecule has 6 nitrogen and oxygen atoms in total. The van der Waals surface area contributed by atoms with Gasteiger partial charge in [-0.1, -0.05) is 53.8 Å². The number of benzene rings is 3. The van der Waals surface area contributed by atoms with E-state index in [1.807, 2.05) is 65.6 Å². The lowest BCUT2D eigenvalue weighted by Crippen LogP contribution is -2.22. The molecule has 0 bridgehead atoms. The Balaban J connectivity index is 1.34. The summed E-state index contributed by atoms with van der Waals surface area (Å²) in [4.78, 5) is 30.6. The fraction of sp³-hybridized carbons (Fsp3) is 0. The second kappa shape index (κ2) is 8.37. The summed E-state index contributed by atoms with van der Waals surface area (Å²) in [6.45, 7) is 0. The number of anilines is 3. The third-order valence-corrected chi connectivity index (χ3v) is 7.98. The van der Waals surface area contributed by atoms with Gasteiger partial charge in [-0.15, -0.1) is 11.3 Å². The van der Waals surface area contributed by atoms with Gasteiger partial charge in [-0.25, -0.2) is 19.4 Å². The highest BCUT2D eigenvalue weighted by Crippen LogP contribution is 2.38. The summed E-state index contributed by atoms with van der Waals surface area (Å²) in [7, 11) is 0. The van der Waals surface area contributed by atoms with Crippen LogP contribution in [0.15, 0.2) is 102 Å². The van der Waals surface area contributed by atoms with E-state index >= 15 is 0 Å². The molecule has 172 valence electrons. The standard InChI is InChI=1S/C28H17N5OS2/c34-26-24(36-28-31-22-8-3-4-9-23(22)33(26)28)17-21-12-13-25(35-21)32(27-29-14-5-15-30-27)20-11-10-18-6-1-2-7-19(18)16-20/h1-17H/b24-17+. The van der Waals surface area contributed by atoms with Crippen molar-refractivity contribution in [3.63, 3.8) is 0 Å². The zero-order valence-electron chi connectivity index (χ0n) is 18.8. The molecule has 0 spiro atoms. The normalized spacial score (nSPS) is 12.2. The molecule has 0 saturated heterocycles. The maximum atomic E-state index is 13.2. The van der Waals surface area contributed by atoms with E-state index in [1.54, 1.807) is 28.1 Å². The maximum Gasteiger partial charge on any atom is 0.274 e.